The Morgan fingerprint density at radius 1 is 1.03 bits per heavy atom. The van der Waals surface area contributed by atoms with Gasteiger partial charge in [0.25, 0.3) is 11.7 Å². The molecular formula is C23H17ClN2O4. The Morgan fingerprint density at radius 2 is 1.73 bits per heavy atom. The van der Waals surface area contributed by atoms with Crippen LogP contribution in [0.3, 0.4) is 0 Å². The number of aliphatic hydroxyl groups is 1. The van der Waals surface area contributed by atoms with Crippen molar-refractivity contribution in [1.29, 1.82) is 0 Å². The molecular weight excluding hydrogens is 404 g/mol. The van der Waals surface area contributed by atoms with Crippen LogP contribution in [-0.2, 0) is 9.59 Å². The number of hydrogen-bond acceptors (Lipinski definition) is 5. The quantitative estimate of drug-likeness (QED) is 0.385. The van der Waals surface area contributed by atoms with Gasteiger partial charge in [0.1, 0.15) is 17.6 Å². The van der Waals surface area contributed by atoms with Crippen molar-refractivity contribution >= 4 is 34.7 Å². The van der Waals surface area contributed by atoms with E-state index in [-0.39, 0.29) is 11.3 Å². The van der Waals surface area contributed by atoms with Crippen molar-refractivity contribution < 1.29 is 19.4 Å². The molecule has 1 amide bonds. The molecule has 1 aromatic heterocycles. The first-order chi connectivity index (χ1) is 14.5. The minimum Gasteiger partial charge on any atom is -0.507 e. The second-order valence-corrected chi connectivity index (χ2v) is 7.07. The van der Waals surface area contributed by atoms with Crippen molar-refractivity contribution in [3.8, 4) is 5.75 Å². The summed E-state index contributed by atoms with van der Waals surface area (Å²) in [5, 5.41) is 11.5. The highest BCUT2D eigenvalue weighted by Gasteiger charge is 2.47. The maximum atomic E-state index is 13.0. The number of pyridine rings is 1. The molecule has 1 aliphatic rings. The number of halogens is 1. The number of rotatable bonds is 4. The lowest BCUT2D eigenvalue weighted by molar-refractivity contribution is -0.132. The number of anilines is 1. The number of hydrogen-bond donors (Lipinski definition) is 1. The number of aliphatic hydroxyl groups excluding tert-OH is 1. The Kier molecular flexibility index (Phi) is 5.25. The van der Waals surface area contributed by atoms with Gasteiger partial charge in [-0.15, -0.1) is 0 Å². The summed E-state index contributed by atoms with van der Waals surface area (Å²) in [6.07, 6.45) is 1.58. The van der Waals surface area contributed by atoms with Gasteiger partial charge in [-0.25, -0.2) is 0 Å². The summed E-state index contributed by atoms with van der Waals surface area (Å²) >= 11 is 5.93. The molecule has 3 aromatic rings. The van der Waals surface area contributed by atoms with Crippen molar-refractivity contribution in [2.45, 2.75) is 6.04 Å². The third-order valence-corrected chi connectivity index (χ3v) is 5.13. The van der Waals surface area contributed by atoms with Crippen molar-refractivity contribution in [3.05, 3.63) is 94.8 Å². The van der Waals surface area contributed by atoms with E-state index in [2.05, 4.69) is 4.98 Å². The Labute approximate surface area is 178 Å². The van der Waals surface area contributed by atoms with Gasteiger partial charge < -0.3 is 9.84 Å². The maximum Gasteiger partial charge on any atom is 0.300 e. The summed E-state index contributed by atoms with van der Waals surface area (Å²) < 4.78 is 5.18. The minimum absolute atomic E-state index is 0.0307. The molecule has 2 heterocycles. The summed E-state index contributed by atoms with van der Waals surface area (Å²) in [7, 11) is 1.54. The average molecular weight is 421 g/mol. The number of benzene rings is 2. The molecule has 30 heavy (non-hydrogen) atoms. The van der Waals surface area contributed by atoms with Crippen LogP contribution in [0.5, 0.6) is 5.75 Å². The van der Waals surface area contributed by atoms with Crippen molar-refractivity contribution in [1.82, 2.24) is 4.98 Å². The number of ketones is 1. The first-order valence-corrected chi connectivity index (χ1v) is 9.51. The largest absolute Gasteiger partial charge is 0.507 e. The van der Waals surface area contributed by atoms with Gasteiger partial charge in [0.2, 0.25) is 0 Å². The van der Waals surface area contributed by atoms with Gasteiger partial charge in [0.05, 0.1) is 18.4 Å². The molecule has 1 unspecified atom stereocenters. The minimum atomic E-state index is -0.879. The highest BCUT2D eigenvalue weighted by Crippen LogP contribution is 2.41. The molecule has 1 aliphatic heterocycles. The van der Waals surface area contributed by atoms with E-state index in [1.807, 2.05) is 0 Å². The number of ether oxygens (including phenoxy) is 1. The molecule has 0 radical (unpaired) electrons. The highest BCUT2D eigenvalue weighted by molar-refractivity contribution is 6.51. The standard InChI is InChI=1S/C23H17ClN2O4/c1-30-17-11-9-16(10-12-17)26-20(18-4-2-3-13-25-18)19(22(28)23(26)29)21(27)14-5-7-15(24)8-6-14/h2-13,20,27H,1H3/b21-19-. The number of Topliss-reactive ketones (excluding diaryl/α,β-unsaturated/α-hetero) is 1. The fourth-order valence-electron chi connectivity index (χ4n) is 3.42. The van der Waals surface area contributed by atoms with E-state index in [0.29, 0.717) is 27.7 Å². The topological polar surface area (TPSA) is 79.7 Å². The van der Waals surface area contributed by atoms with E-state index in [0.717, 1.165) is 0 Å². The van der Waals surface area contributed by atoms with Gasteiger partial charge in [-0.3, -0.25) is 19.5 Å². The maximum absolute atomic E-state index is 13.0. The fourth-order valence-corrected chi connectivity index (χ4v) is 3.55. The van der Waals surface area contributed by atoms with Crippen molar-refractivity contribution in [2.24, 2.45) is 0 Å². The molecule has 4 rings (SSSR count). The zero-order chi connectivity index (χ0) is 21.3. The first-order valence-electron chi connectivity index (χ1n) is 9.13. The Balaban J connectivity index is 1.90. The van der Waals surface area contributed by atoms with Crippen LogP contribution in [0.2, 0.25) is 5.02 Å². The lowest BCUT2D eigenvalue weighted by Crippen LogP contribution is -2.29. The second kappa shape index (κ2) is 8.00. The van der Waals surface area contributed by atoms with Gasteiger partial charge in [-0.2, -0.15) is 0 Å². The van der Waals surface area contributed by atoms with Gasteiger partial charge in [0.15, 0.2) is 0 Å². The Hall–Kier alpha value is -3.64. The molecule has 7 heteroatoms. The van der Waals surface area contributed by atoms with Crippen LogP contribution < -0.4 is 9.64 Å². The fraction of sp³-hybridized carbons (Fsp3) is 0.0870. The SMILES string of the molecule is COc1ccc(N2C(=O)C(=O)/C(=C(\O)c3ccc(Cl)cc3)C2c2ccccn2)cc1. The Morgan fingerprint density at radius 3 is 2.33 bits per heavy atom. The number of nitrogens with zero attached hydrogens (tertiary/aromatic N) is 2. The number of methoxy groups -OCH3 is 1. The highest BCUT2D eigenvalue weighted by atomic mass is 35.5. The molecule has 1 fully saturated rings. The molecule has 0 aliphatic carbocycles. The summed E-state index contributed by atoms with van der Waals surface area (Å²) in [6, 6.07) is 17.5. The summed E-state index contributed by atoms with van der Waals surface area (Å²) in [4.78, 5) is 31.7. The van der Waals surface area contributed by atoms with E-state index in [9.17, 15) is 14.7 Å². The molecule has 6 nitrogen and oxygen atoms in total. The molecule has 2 aromatic carbocycles. The van der Waals surface area contributed by atoms with Crippen LogP contribution >= 0.6 is 11.6 Å². The lowest BCUT2D eigenvalue weighted by atomic mass is 9.98. The monoisotopic (exact) mass is 420 g/mol. The van der Waals surface area contributed by atoms with E-state index in [1.165, 1.54) is 4.90 Å². The van der Waals surface area contributed by atoms with Gasteiger partial charge in [-0.05, 0) is 60.7 Å². The third kappa shape index (κ3) is 3.42. The molecule has 1 atom stereocenters. The van der Waals surface area contributed by atoms with E-state index in [4.69, 9.17) is 16.3 Å². The predicted octanol–water partition coefficient (Wildman–Crippen LogP) is 4.37. The van der Waals surface area contributed by atoms with Crippen LogP contribution in [-0.4, -0.2) is 28.9 Å². The Bertz CT molecular complexity index is 1130. The third-order valence-electron chi connectivity index (χ3n) is 4.88. The van der Waals surface area contributed by atoms with E-state index < -0.39 is 17.7 Å². The second-order valence-electron chi connectivity index (χ2n) is 6.63. The molecule has 0 bridgehead atoms. The van der Waals surface area contributed by atoms with Crippen LogP contribution in [0.1, 0.15) is 17.3 Å². The van der Waals surface area contributed by atoms with E-state index in [1.54, 1.807) is 80.0 Å². The molecule has 0 spiro atoms. The van der Waals surface area contributed by atoms with E-state index >= 15 is 0 Å². The van der Waals surface area contributed by atoms with Crippen molar-refractivity contribution in [2.75, 3.05) is 12.0 Å². The molecule has 1 saturated heterocycles. The average Bonchev–Trinajstić information content (AvgIpc) is 3.05. The summed E-state index contributed by atoms with van der Waals surface area (Å²) in [5.74, 6) is -1.19. The number of carbonyl (C=O) groups excluding carboxylic acids is 2. The summed E-state index contributed by atoms with van der Waals surface area (Å²) in [6.45, 7) is 0. The van der Waals surface area contributed by atoms with Crippen molar-refractivity contribution in [3.63, 3.8) is 0 Å². The molecule has 1 N–H and O–H groups in total. The zero-order valence-corrected chi connectivity index (χ0v) is 16.7. The molecule has 0 saturated carbocycles. The zero-order valence-electron chi connectivity index (χ0n) is 15.9. The first kappa shape index (κ1) is 19.7. The lowest BCUT2D eigenvalue weighted by Gasteiger charge is -2.24. The van der Waals surface area contributed by atoms with Gasteiger partial charge >= 0.3 is 0 Å². The number of aromatic nitrogens is 1. The molecule has 150 valence electrons. The normalized spacial score (nSPS) is 17.9. The smallest absolute Gasteiger partial charge is 0.300 e. The van der Waals surface area contributed by atoms with Gasteiger partial charge in [0, 0.05) is 22.5 Å². The summed E-state index contributed by atoms with van der Waals surface area (Å²) in [5.41, 5.74) is 1.30. The van der Waals surface area contributed by atoms with Crippen LogP contribution in [0.25, 0.3) is 5.76 Å². The van der Waals surface area contributed by atoms with Crippen LogP contribution in [0.4, 0.5) is 5.69 Å². The number of amides is 1. The van der Waals surface area contributed by atoms with Crippen LogP contribution in [0, 0.1) is 0 Å². The number of carbonyl (C=O) groups is 2. The van der Waals surface area contributed by atoms with Gasteiger partial charge in [-0.1, -0.05) is 17.7 Å². The van der Waals surface area contributed by atoms with Crippen LogP contribution in [0.15, 0.2) is 78.5 Å². The predicted molar refractivity (Wildman–Crippen MR) is 113 cm³/mol.